The highest BCUT2D eigenvalue weighted by molar-refractivity contribution is 5.30. The molecule has 0 aliphatic heterocycles. The molecule has 2 aromatic rings. The van der Waals surface area contributed by atoms with Crippen LogP contribution in [0.3, 0.4) is 0 Å². The Bertz CT molecular complexity index is 409. The molecule has 0 fully saturated rings. The summed E-state index contributed by atoms with van der Waals surface area (Å²) in [5, 5.41) is 9.05. The number of hydrogen-bond acceptors (Lipinski definition) is 3. The van der Waals surface area contributed by atoms with Crippen LogP contribution in [-0.2, 0) is 0 Å². The number of hydrogen-bond donors (Lipinski definition) is 1. The first kappa shape index (κ1) is 9.40. The van der Waals surface area contributed by atoms with Gasteiger partial charge < -0.3 is 5.11 Å². The zero-order valence-electron chi connectivity index (χ0n) is 7.96. The van der Waals surface area contributed by atoms with Crippen LogP contribution in [0.25, 0.3) is 0 Å². The smallest absolute Gasteiger partial charge is 0.178 e. The summed E-state index contributed by atoms with van der Waals surface area (Å²) in [5.74, 6) is 1.37. The molecule has 2 aromatic carbocycles. The van der Waals surface area contributed by atoms with Gasteiger partial charge in [-0.1, -0.05) is 18.2 Å². The van der Waals surface area contributed by atoms with E-state index < -0.39 is 0 Å². The molecule has 2 rings (SSSR count). The van der Waals surface area contributed by atoms with Crippen LogP contribution in [0.15, 0.2) is 54.6 Å². The van der Waals surface area contributed by atoms with E-state index in [1.54, 1.807) is 24.3 Å². The lowest BCUT2D eigenvalue weighted by Gasteiger charge is -2.04. The third kappa shape index (κ3) is 2.64. The van der Waals surface area contributed by atoms with Crippen molar-refractivity contribution in [3.63, 3.8) is 0 Å². The lowest BCUT2D eigenvalue weighted by Crippen LogP contribution is -1.99. The second-order valence-corrected chi connectivity index (χ2v) is 2.97. The van der Waals surface area contributed by atoms with Gasteiger partial charge in [-0.2, -0.15) is 0 Å². The monoisotopic (exact) mass is 202 g/mol. The lowest BCUT2D eigenvalue weighted by molar-refractivity contribution is -0.0999. The molecule has 0 amide bonds. The molecule has 0 aromatic heterocycles. The predicted molar refractivity (Wildman–Crippen MR) is 55.8 cm³/mol. The highest BCUT2D eigenvalue weighted by atomic mass is 17.2. The minimum atomic E-state index is 0.196. The molecule has 0 saturated heterocycles. The maximum Gasteiger partial charge on any atom is 0.178 e. The summed E-state index contributed by atoms with van der Waals surface area (Å²) in [6.07, 6.45) is 0. The summed E-state index contributed by atoms with van der Waals surface area (Å²) in [4.78, 5) is 10.1. The van der Waals surface area contributed by atoms with Crippen LogP contribution in [-0.4, -0.2) is 5.11 Å². The van der Waals surface area contributed by atoms with Gasteiger partial charge in [-0.05, 0) is 36.4 Å². The van der Waals surface area contributed by atoms with Gasteiger partial charge in [0.1, 0.15) is 5.75 Å². The summed E-state index contributed by atoms with van der Waals surface area (Å²) < 4.78 is 0. The Morgan fingerprint density at radius 3 is 1.80 bits per heavy atom. The molecule has 0 saturated carbocycles. The van der Waals surface area contributed by atoms with Crippen LogP contribution in [0, 0.1) is 0 Å². The largest absolute Gasteiger partial charge is 0.508 e. The SMILES string of the molecule is Oc1ccc(OOc2ccccc2)cc1. The van der Waals surface area contributed by atoms with Crippen molar-refractivity contribution in [2.75, 3.05) is 0 Å². The van der Waals surface area contributed by atoms with E-state index in [9.17, 15) is 0 Å². The predicted octanol–water partition coefficient (Wildman–Crippen LogP) is 2.77. The Balaban J connectivity index is 1.96. The highest BCUT2D eigenvalue weighted by Crippen LogP contribution is 2.17. The Kier molecular flexibility index (Phi) is 2.74. The normalized spacial score (nSPS) is 9.60. The molecule has 0 aliphatic carbocycles. The second-order valence-electron chi connectivity index (χ2n) is 2.97. The van der Waals surface area contributed by atoms with Crippen molar-refractivity contribution in [1.82, 2.24) is 0 Å². The maximum atomic E-state index is 9.05. The molecular formula is C12H10O3. The van der Waals surface area contributed by atoms with E-state index in [1.807, 2.05) is 18.2 Å². The van der Waals surface area contributed by atoms with E-state index in [4.69, 9.17) is 14.9 Å². The highest BCUT2D eigenvalue weighted by Gasteiger charge is 1.96. The van der Waals surface area contributed by atoms with E-state index in [2.05, 4.69) is 0 Å². The molecule has 0 aliphatic rings. The summed E-state index contributed by atoms with van der Waals surface area (Å²) >= 11 is 0. The van der Waals surface area contributed by atoms with Crippen molar-refractivity contribution in [2.24, 2.45) is 0 Å². The van der Waals surface area contributed by atoms with Crippen molar-refractivity contribution in [3.8, 4) is 17.2 Å². The van der Waals surface area contributed by atoms with Gasteiger partial charge in [0.05, 0.1) is 0 Å². The number of aromatic hydroxyl groups is 1. The topological polar surface area (TPSA) is 38.7 Å². The van der Waals surface area contributed by atoms with Crippen molar-refractivity contribution >= 4 is 0 Å². The van der Waals surface area contributed by atoms with Crippen LogP contribution < -0.4 is 9.78 Å². The number of benzene rings is 2. The summed E-state index contributed by atoms with van der Waals surface area (Å²) in [5.41, 5.74) is 0. The molecule has 0 bridgehead atoms. The van der Waals surface area contributed by atoms with Gasteiger partial charge in [-0.15, -0.1) is 0 Å². The van der Waals surface area contributed by atoms with E-state index in [0.717, 1.165) is 0 Å². The average molecular weight is 202 g/mol. The fourth-order valence-corrected chi connectivity index (χ4v) is 1.07. The van der Waals surface area contributed by atoms with E-state index in [0.29, 0.717) is 11.5 Å². The molecule has 3 heteroatoms. The van der Waals surface area contributed by atoms with Gasteiger partial charge in [0.25, 0.3) is 0 Å². The molecule has 0 radical (unpaired) electrons. The first-order valence-corrected chi connectivity index (χ1v) is 4.53. The van der Waals surface area contributed by atoms with Gasteiger partial charge >= 0.3 is 0 Å². The van der Waals surface area contributed by atoms with Crippen molar-refractivity contribution < 1.29 is 14.9 Å². The third-order valence-electron chi connectivity index (χ3n) is 1.81. The molecule has 1 N–H and O–H groups in total. The standard InChI is InChI=1S/C12H10O3/c13-10-6-8-12(9-7-10)15-14-11-4-2-1-3-5-11/h1-9,13H. The number of para-hydroxylation sites is 1. The zero-order chi connectivity index (χ0) is 10.5. The molecule has 3 nitrogen and oxygen atoms in total. The summed E-state index contributed by atoms with van der Waals surface area (Å²) in [6, 6.07) is 15.5. The fourth-order valence-electron chi connectivity index (χ4n) is 1.07. The minimum Gasteiger partial charge on any atom is -0.508 e. The number of rotatable bonds is 3. The van der Waals surface area contributed by atoms with Crippen molar-refractivity contribution in [1.29, 1.82) is 0 Å². The van der Waals surface area contributed by atoms with Gasteiger partial charge in [0.15, 0.2) is 11.5 Å². The summed E-state index contributed by atoms with van der Waals surface area (Å²) in [6.45, 7) is 0. The van der Waals surface area contributed by atoms with Gasteiger partial charge in [0, 0.05) is 0 Å². The maximum absolute atomic E-state index is 9.05. The Hall–Kier alpha value is -2.16. The molecule has 0 heterocycles. The van der Waals surface area contributed by atoms with Gasteiger partial charge in [-0.25, -0.2) is 0 Å². The molecule has 15 heavy (non-hydrogen) atoms. The van der Waals surface area contributed by atoms with E-state index in [-0.39, 0.29) is 5.75 Å². The first-order valence-electron chi connectivity index (χ1n) is 4.53. The van der Waals surface area contributed by atoms with E-state index in [1.165, 1.54) is 12.1 Å². The van der Waals surface area contributed by atoms with Gasteiger partial charge in [-0.3, -0.25) is 9.78 Å². The average Bonchev–Trinajstić information content (AvgIpc) is 2.30. The fraction of sp³-hybridized carbons (Fsp3) is 0. The van der Waals surface area contributed by atoms with E-state index >= 15 is 0 Å². The van der Waals surface area contributed by atoms with Crippen LogP contribution in [0.1, 0.15) is 0 Å². The Morgan fingerprint density at radius 2 is 1.20 bits per heavy atom. The Morgan fingerprint density at radius 1 is 0.667 bits per heavy atom. The van der Waals surface area contributed by atoms with Gasteiger partial charge in [0.2, 0.25) is 0 Å². The molecule has 76 valence electrons. The third-order valence-corrected chi connectivity index (χ3v) is 1.81. The molecule has 0 atom stereocenters. The van der Waals surface area contributed by atoms with Crippen LogP contribution >= 0.6 is 0 Å². The van der Waals surface area contributed by atoms with Crippen LogP contribution in [0.5, 0.6) is 17.2 Å². The molecular weight excluding hydrogens is 192 g/mol. The minimum absolute atomic E-state index is 0.196. The quantitative estimate of drug-likeness (QED) is 0.614. The lowest BCUT2D eigenvalue weighted by atomic mass is 10.3. The molecule has 0 unspecified atom stereocenters. The summed E-state index contributed by atoms with van der Waals surface area (Å²) in [7, 11) is 0. The van der Waals surface area contributed by atoms with Crippen molar-refractivity contribution in [2.45, 2.75) is 0 Å². The number of phenolic OH excluding ortho intramolecular Hbond substituents is 1. The molecule has 0 spiro atoms. The van der Waals surface area contributed by atoms with Crippen LogP contribution in [0.4, 0.5) is 0 Å². The van der Waals surface area contributed by atoms with Crippen LogP contribution in [0.2, 0.25) is 0 Å². The van der Waals surface area contributed by atoms with Crippen molar-refractivity contribution in [3.05, 3.63) is 54.6 Å². The second kappa shape index (κ2) is 4.37. The number of phenols is 1. The Labute approximate surface area is 87.4 Å². The zero-order valence-corrected chi connectivity index (χ0v) is 7.96. The first-order chi connectivity index (χ1) is 7.34.